The lowest BCUT2D eigenvalue weighted by molar-refractivity contribution is -0.137. The predicted molar refractivity (Wildman–Crippen MR) is 131 cm³/mol. The monoisotopic (exact) mass is 430 g/mol. The Morgan fingerprint density at radius 1 is 1.13 bits per heavy atom. The summed E-state index contributed by atoms with van der Waals surface area (Å²) in [4.78, 5) is 15.7. The van der Waals surface area contributed by atoms with Crippen molar-refractivity contribution in [2.75, 3.05) is 16.8 Å². The van der Waals surface area contributed by atoms with Crippen LogP contribution >= 0.6 is 11.8 Å². The molecule has 4 nitrogen and oxygen atoms in total. The number of pyridine rings is 1. The van der Waals surface area contributed by atoms with E-state index in [2.05, 4.69) is 56.2 Å². The van der Waals surface area contributed by atoms with Crippen molar-refractivity contribution in [3.8, 4) is 0 Å². The highest BCUT2D eigenvalue weighted by Crippen LogP contribution is 2.15. The van der Waals surface area contributed by atoms with Crippen LogP contribution in [0.4, 0.5) is 5.82 Å². The average molecular weight is 431 g/mol. The molecule has 1 aromatic rings. The third-order valence-electron chi connectivity index (χ3n) is 4.73. The van der Waals surface area contributed by atoms with E-state index in [-0.39, 0.29) is 0 Å². The summed E-state index contributed by atoms with van der Waals surface area (Å²) in [5.74, 6) is 1.09. The van der Waals surface area contributed by atoms with Gasteiger partial charge in [-0.15, -0.1) is 0 Å². The van der Waals surface area contributed by atoms with Gasteiger partial charge in [0.05, 0.1) is 0 Å². The number of thioether (sulfide) groups is 1. The van der Waals surface area contributed by atoms with E-state index < -0.39 is 12.0 Å². The molecule has 5 heteroatoms. The minimum absolute atomic E-state index is 0.502. The second-order valence-electron chi connectivity index (χ2n) is 8.10. The second kappa shape index (κ2) is 14.9. The first-order chi connectivity index (χ1) is 14.3. The number of hydrogen-bond donors (Lipinski definition) is 2. The van der Waals surface area contributed by atoms with E-state index in [0.29, 0.717) is 11.6 Å². The molecule has 1 atom stereocenters. The molecule has 0 radical (unpaired) electrons. The van der Waals surface area contributed by atoms with E-state index >= 15 is 0 Å². The van der Waals surface area contributed by atoms with E-state index in [1.54, 1.807) is 18.0 Å². The number of aryl methyl sites for hydroxylation is 1. The average Bonchev–Trinajstić information content (AvgIpc) is 2.67. The number of nitrogens with zero attached hydrogens (tertiary/aromatic N) is 1. The number of hydrogen-bond acceptors (Lipinski definition) is 4. The number of carboxylic acid groups (broad SMARTS) is 1. The van der Waals surface area contributed by atoms with E-state index in [4.69, 9.17) is 0 Å². The van der Waals surface area contributed by atoms with E-state index in [1.165, 1.54) is 16.7 Å². The normalized spacial score (nSPS) is 13.1. The molecule has 1 unspecified atom stereocenters. The van der Waals surface area contributed by atoms with Crippen molar-refractivity contribution in [1.82, 2.24) is 4.98 Å². The fourth-order valence-corrected chi connectivity index (χ4v) is 3.88. The Bertz CT molecular complexity index is 749. The molecule has 1 aromatic heterocycles. The standard InChI is InChI=1S/C25H38N2O2S/c1-19(2)9-8-12-20(3)10-6-7-11-21(4)14-16-30-18-23(25(28)29)27-24-17-22(5)13-15-26-24/h9-10,13-15,17,23H,6-8,11-12,16,18H2,1-5H3,(H,26,27)(H,28,29)/b20-10+,21-14+. The van der Waals surface area contributed by atoms with Crippen LogP contribution in [0.2, 0.25) is 0 Å². The van der Waals surface area contributed by atoms with Gasteiger partial charge in [0.25, 0.3) is 0 Å². The minimum atomic E-state index is -0.849. The van der Waals surface area contributed by atoms with Crippen LogP contribution in [0.1, 0.15) is 65.4 Å². The summed E-state index contributed by atoms with van der Waals surface area (Å²) in [5.41, 5.74) is 5.29. The zero-order valence-electron chi connectivity index (χ0n) is 19.2. The van der Waals surface area contributed by atoms with Crippen LogP contribution in [0.3, 0.4) is 0 Å². The molecule has 0 amide bonds. The van der Waals surface area contributed by atoms with Crippen molar-refractivity contribution in [2.45, 2.75) is 72.8 Å². The second-order valence-corrected chi connectivity index (χ2v) is 9.18. The molecule has 2 N–H and O–H groups in total. The maximum Gasteiger partial charge on any atom is 0.327 e. The fourth-order valence-electron chi connectivity index (χ4n) is 2.88. The summed E-state index contributed by atoms with van der Waals surface area (Å²) >= 11 is 1.63. The Kier molecular flexibility index (Phi) is 12.9. The smallest absolute Gasteiger partial charge is 0.327 e. The zero-order valence-corrected chi connectivity index (χ0v) is 20.0. The highest BCUT2D eigenvalue weighted by atomic mass is 32.2. The maximum atomic E-state index is 11.5. The molecule has 166 valence electrons. The molecular formula is C25H38N2O2S. The number of aromatic nitrogens is 1. The number of carbonyl (C=O) groups is 1. The topological polar surface area (TPSA) is 62.2 Å². The largest absolute Gasteiger partial charge is 0.480 e. The molecule has 1 heterocycles. The van der Waals surface area contributed by atoms with Crippen molar-refractivity contribution in [3.63, 3.8) is 0 Å². The van der Waals surface area contributed by atoms with Gasteiger partial charge in [0.15, 0.2) is 0 Å². The lowest BCUT2D eigenvalue weighted by Crippen LogP contribution is -2.32. The summed E-state index contributed by atoms with van der Waals surface area (Å²) in [7, 11) is 0. The van der Waals surface area contributed by atoms with Gasteiger partial charge in [-0.05, 0) is 84.4 Å². The SMILES string of the molecule is CC(C)=CCC/C(C)=C/CCC/C(C)=C/CSCC(Nc1cc(C)ccn1)C(=O)O. The fraction of sp³-hybridized carbons (Fsp3) is 0.520. The highest BCUT2D eigenvalue weighted by molar-refractivity contribution is 7.99. The molecule has 1 rings (SSSR count). The van der Waals surface area contributed by atoms with Crippen LogP contribution < -0.4 is 5.32 Å². The summed E-state index contributed by atoms with van der Waals surface area (Å²) < 4.78 is 0. The first kappa shape index (κ1) is 26.0. The van der Waals surface area contributed by atoms with Crippen molar-refractivity contribution in [3.05, 3.63) is 58.8 Å². The van der Waals surface area contributed by atoms with Gasteiger partial charge >= 0.3 is 5.97 Å². The third-order valence-corrected chi connectivity index (χ3v) is 5.70. The third kappa shape index (κ3) is 12.5. The minimum Gasteiger partial charge on any atom is -0.480 e. The molecule has 0 aliphatic heterocycles. The van der Waals surface area contributed by atoms with E-state index in [0.717, 1.165) is 43.4 Å². The lowest BCUT2D eigenvalue weighted by atomic mass is 10.1. The molecule has 0 fully saturated rings. The van der Waals surface area contributed by atoms with Gasteiger partial charge in [0, 0.05) is 17.7 Å². The van der Waals surface area contributed by atoms with Crippen LogP contribution in [0.15, 0.2) is 53.3 Å². The van der Waals surface area contributed by atoms with Gasteiger partial charge in [-0.1, -0.05) is 34.9 Å². The van der Waals surface area contributed by atoms with Gasteiger partial charge in [0.2, 0.25) is 0 Å². The summed E-state index contributed by atoms with van der Waals surface area (Å²) in [5, 5.41) is 12.5. The van der Waals surface area contributed by atoms with Crippen LogP contribution in [0, 0.1) is 6.92 Å². The number of unbranched alkanes of at least 4 members (excludes halogenated alkanes) is 1. The molecule has 0 spiro atoms. The van der Waals surface area contributed by atoms with Crippen molar-refractivity contribution in [1.29, 1.82) is 0 Å². The summed E-state index contributed by atoms with van der Waals surface area (Å²) in [6.07, 6.45) is 14.2. The van der Waals surface area contributed by atoms with Crippen LogP contribution in [0.25, 0.3) is 0 Å². The first-order valence-corrected chi connectivity index (χ1v) is 11.9. The lowest BCUT2D eigenvalue weighted by Gasteiger charge is -2.14. The van der Waals surface area contributed by atoms with Crippen molar-refractivity contribution in [2.24, 2.45) is 0 Å². The molecule has 0 bridgehead atoms. The number of allylic oxidation sites excluding steroid dienone is 5. The summed E-state index contributed by atoms with van der Waals surface area (Å²) in [6, 6.07) is 3.12. The Labute approximate surface area is 187 Å². The maximum absolute atomic E-state index is 11.5. The molecule has 0 aromatic carbocycles. The quantitative estimate of drug-likeness (QED) is 0.251. The number of nitrogens with one attached hydrogen (secondary N) is 1. The molecule has 0 saturated carbocycles. The highest BCUT2D eigenvalue weighted by Gasteiger charge is 2.17. The molecule has 0 aliphatic carbocycles. The Balaban J connectivity index is 2.29. The van der Waals surface area contributed by atoms with Crippen molar-refractivity contribution < 1.29 is 9.90 Å². The molecule has 0 saturated heterocycles. The van der Waals surface area contributed by atoms with Gasteiger partial charge in [-0.3, -0.25) is 0 Å². The van der Waals surface area contributed by atoms with Crippen LogP contribution in [0.5, 0.6) is 0 Å². The Hall–Kier alpha value is -2.01. The molecule has 30 heavy (non-hydrogen) atoms. The van der Waals surface area contributed by atoms with E-state index in [1.807, 2.05) is 19.1 Å². The van der Waals surface area contributed by atoms with Gasteiger partial charge < -0.3 is 10.4 Å². The Morgan fingerprint density at radius 3 is 2.53 bits per heavy atom. The number of rotatable bonds is 14. The predicted octanol–water partition coefficient (Wildman–Crippen LogP) is 6.80. The Morgan fingerprint density at radius 2 is 1.87 bits per heavy atom. The van der Waals surface area contributed by atoms with Crippen LogP contribution in [-0.4, -0.2) is 33.6 Å². The van der Waals surface area contributed by atoms with Crippen molar-refractivity contribution >= 4 is 23.5 Å². The molecule has 0 aliphatic rings. The van der Waals surface area contributed by atoms with Gasteiger partial charge in [0.1, 0.15) is 11.9 Å². The first-order valence-electron chi connectivity index (χ1n) is 10.7. The zero-order chi connectivity index (χ0) is 22.4. The van der Waals surface area contributed by atoms with E-state index in [9.17, 15) is 9.90 Å². The van der Waals surface area contributed by atoms with Gasteiger partial charge in [-0.2, -0.15) is 11.8 Å². The van der Waals surface area contributed by atoms with Gasteiger partial charge in [-0.25, -0.2) is 9.78 Å². The molecular weight excluding hydrogens is 392 g/mol. The van der Waals surface area contributed by atoms with Crippen LogP contribution in [-0.2, 0) is 4.79 Å². The number of carboxylic acids is 1. The summed E-state index contributed by atoms with van der Waals surface area (Å²) in [6.45, 7) is 10.6. The number of anilines is 1. The number of aliphatic carboxylic acids is 1.